The van der Waals surface area contributed by atoms with Crippen LogP contribution in [0.2, 0.25) is 0 Å². The van der Waals surface area contributed by atoms with E-state index in [1.807, 2.05) is 11.8 Å². The van der Waals surface area contributed by atoms with Crippen LogP contribution in [0, 0.1) is 19.8 Å². The average molecular weight is 295 g/mol. The number of rotatable bonds is 9. The van der Waals surface area contributed by atoms with Crippen LogP contribution in [-0.4, -0.2) is 28.8 Å². The Bertz CT molecular complexity index is 382. The first kappa shape index (κ1) is 17.4. The molecule has 0 bridgehead atoms. The van der Waals surface area contributed by atoms with Crippen molar-refractivity contribution in [3.63, 3.8) is 0 Å². The number of nitrogens with one attached hydrogen (secondary N) is 1. The smallest absolute Gasteiger partial charge is 0.138 e. The number of hydrogen-bond donors (Lipinski definition) is 1. The highest BCUT2D eigenvalue weighted by atomic mass is 32.2. The molecule has 0 aliphatic carbocycles. The second-order valence-electron chi connectivity index (χ2n) is 5.66. The quantitative estimate of drug-likeness (QED) is 0.707. The number of thioether (sulfide) groups is 1. The van der Waals surface area contributed by atoms with Gasteiger partial charge in [0.15, 0.2) is 0 Å². The van der Waals surface area contributed by atoms with Gasteiger partial charge in [-0.15, -0.1) is 0 Å². The minimum Gasteiger partial charge on any atom is -0.317 e. The maximum Gasteiger partial charge on any atom is 0.138 e. The first-order chi connectivity index (χ1) is 9.54. The summed E-state index contributed by atoms with van der Waals surface area (Å²) in [6.45, 7) is 13.0. The molecule has 1 rings (SSSR count). The maximum atomic E-state index is 4.68. The third-order valence-corrected chi connectivity index (χ3v) is 4.54. The van der Waals surface area contributed by atoms with Gasteiger partial charge in [0.25, 0.3) is 0 Å². The van der Waals surface area contributed by atoms with Crippen LogP contribution in [0.4, 0.5) is 0 Å². The van der Waals surface area contributed by atoms with Crippen LogP contribution in [0.25, 0.3) is 0 Å². The van der Waals surface area contributed by atoms with Crippen molar-refractivity contribution in [1.82, 2.24) is 15.3 Å². The van der Waals surface area contributed by atoms with E-state index in [-0.39, 0.29) is 0 Å². The van der Waals surface area contributed by atoms with Gasteiger partial charge in [-0.05, 0) is 57.0 Å². The van der Waals surface area contributed by atoms with Crippen LogP contribution in [0.3, 0.4) is 0 Å². The van der Waals surface area contributed by atoms with Gasteiger partial charge in [-0.1, -0.05) is 20.8 Å². The van der Waals surface area contributed by atoms with Crippen LogP contribution in [-0.2, 0) is 12.2 Å². The number of hydrogen-bond acceptors (Lipinski definition) is 4. The summed E-state index contributed by atoms with van der Waals surface area (Å²) in [6, 6.07) is 0. The number of aryl methyl sites for hydroxylation is 2. The van der Waals surface area contributed by atoms with E-state index in [2.05, 4.69) is 49.9 Å². The highest BCUT2D eigenvalue weighted by molar-refractivity contribution is 7.98. The van der Waals surface area contributed by atoms with Crippen molar-refractivity contribution in [3.8, 4) is 0 Å². The van der Waals surface area contributed by atoms with Crippen molar-refractivity contribution in [1.29, 1.82) is 0 Å². The van der Waals surface area contributed by atoms with Crippen molar-refractivity contribution < 1.29 is 0 Å². The molecule has 3 nitrogen and oxygen atoms in total. The van der Waals surface area contributed by atoms with Gasteiger partial charge in [-0.25, -0.2) is 9.97 Å². The van der Waals surface area contributed by atoms with Crippen LogP contribution in [0.15, 0.2) is 0 Å². The first-order valence-corrected chi connectivity index (χ1v) is 8.81. The molecule has 1 N–H and O–H groups in total. The van der Waals surface area contributed by atoms with Gasteiger partial charge in [0, 0.05) is 11.4 Å². The minimum absolute atomic E-state index is 0.729. The number of nitrogens with zero attached hydrogens (tertiary/aromatic N) is 2. The van der Waals surface area contributed by atoms with E-state index in [4.69, 9.17) is 0 Å². The molecule has 0 fully saturated rings. The Labute approximate surface area is 128 Å². The third kappa shape index (κ3) is 6.23. The molecule has 0 amide bonds. The van der Waals surface area contributed by atoms with E-state index >= 15 is 0 Å². The second-order valence-corrected chi connectivity index (χ2v) is 6.69. The molecular formula is C16H29N3S. The molecule has 1 aromatic heterocycles. The molecular weight excluding hydrogens is 266 g/mol. The van der Waals surface area contributed by atoms with Gasteiger partial charge in [-0.2, -0.15) is 11.8 Å². The summed E-state index contributed by atoms with van der Waals surface area (Å²) in [5.74, 6) is 3.82. The normalized spacial score (nSPS) is 11.3. The van der Waals surface area contributed by atoms with E-state index < -0.39 is 0 Å². The van der Waals surface area contributed by atoms with Gasteiger partial charge in [0.1, 0.15) is 5.82 Å². The molecule has 0 spiro atoms. The molecule has 114 valence electrons. The summed E-state index contributed by atoms with van der Waals surface area (Å²) in [5.41, 5.74) is 3.66. The molecule has 20 heavy (non-hydrogen) atoms. The zero-order valence-electron chi connectivity index (χ0n) is 13.6. The predicted molar refractivity (Wildman–Crippen MR) is 89.4 cm³/mol. The molecule has 0 aliphatic rings. The van der Waals surface area contributed by atoms with Crippen molar-refractivity contribution >= 4 is 11.8 Å². The number of aromatic nitrogens is 2. The molecule has 0 saturated carbocycles. The van der Waals surface area contributed by atoms with E-state index in [0.717, 1.165) is 54.8 Å². The van der Waals surface area contributed by atoms with Gasteiger partial charge in [0.2, 0.25) is 0 Å². The van der Waals surface area contributed by atoms with Crippen LogP contribution in [0.5, 0.6) is 0 Å². The van der Waals surface area contributed by atoms with Crippen molar-refractivity contribution in [2.45, 2.75) is 53.2 Å². The highest BCUT2D eigenvalue weighted by Crippen LogP contribution is 2.17. The fraction of sp³-hybridized carbons (Fsp3) is 0.750. The summed E-state index contributed by atoms with van der Waals surface area (Å²) >= 11 is 1.93. The second kappa shape index (κ2) is 9.35. The molecule has 1 aromatic rings. The summed E-state index contributed by atoms with van der Waals surface area (Å²) < 4.78 is 0. The highest BCUT2D eigenvalue weighted by Gasteiger charge is 2.08. The molecule has 0 atom stereocenters. The standard InChI is InChI=1S/C16H29N3S/c1-6-17-9-7-8-15-13(4)18-16(19-14(15)5)11-20-10-12(2)3/h12,17H,6-11H2,1-5H3. The van der Waals surface area contributed by atoms with Gasteiger partial charge >= 0.3 is 0 Å². The summed E-state index contributed by atoms with van der Waals surface area (Å²) in [5, 5.41) is 3.36. The van der Waals surface area contributed by atoms with Gasteiger partial charge in [-0.3, -0.25) is 0 Å². The van der Waals surface area contributed by atoms with Crippen LogP contribution in [0.1, 0.15) is 50.0 Å². The van der Waals surface area contributed by atoms with Gasteiger partial charge < -0.3 is 5.32 Å². The molecule has 0 aliphatic heterocycles. The predicted octanol–water partition coefficient (Wildman–Crippen LogP) is 3.52. The lowest BCUT2D eigenvalue weighted by Gasteiger charge is -2.11. The fourth-order valence-corrected chi connectivity index (χ4v) is 3.09. The minimum atomic E-state index is 0.729. The SMILES string of the molecule is CCNCCCc1c(C)nc(CSCC(C)C)nc1C. The van der Waals surface area contributed by atoms with Crippen LogP contribution < -0.4 is 5.32 Å². The largest absolute Gasteiger partial charge is 0.317 e. The Balaban J connectivity index is 2.56. The summed E-state index contributed by atoms with van der Waals surface area (Å²) in [4.78, 5) is 9.35. The molecule has 0 unspecified atom stereocenters. The molecule has 0 aromatic carbocycles. The van der Waals surface area contributed by atoms with E-state index in [0.29, 0.717) is 0 Å². The van der Waals surface area contributed by atoms with Crippen LogP contribution >= 0.6 is 11.8 Å². The summed E-state index contributed by atoms with van der Waals surface area (Å²) in [7, 11) is 0. The molecule has 4 heteroatoms. The molecule has 1 heterocycles. The Hall–Kier alpha value is -0.610. The van der Waals surface area contributed by atoms with E-state index in [1.165, 1.54) is 11.3 Å². The zero-order chi connectivity index (χ0) is 15.0. The van der Waals surface area contributed by atoms with Crippen molar-refractivity contribution in [3.05, 3.63) is 22.8 Å². The topological polar surface area (TPSA) is 37.8 Å². The Morgan fingerprint density at radius 1 is 1.15 bits per heavy atom. The lowest BCUT2D eigenvalue weighted by molar-refractivity contribution is 0.666. The fourth-order valence-electron chi connectivity index (χ4n) is 2.19. The van der Waals surface area contributed by atoms with Crippen molar-refractivity contribution in [2.75, 3.05) is 18.8 Å². The Kier molecular flexibility index (Phi) is 8.15. The molecule has 0 radical (unpaired) electrons. The van der Waals surface area contributed by atoms with E-state index in [1.54, 1.807) is 0 Å². The van der Waals surface area contributed by atoms with Gasteiger partial charge in [0.05, 0.1) is 5.75 Å². The average Bonchev–Trinajstić information content (AvgIpc) is 2.36. The third-order valence-electron chi connectivity index (χ3n) is 3.18. The Morgan fingerprint density at radius 2 is 1.80 bits per heavy atom. The first-order valence-electron chi connectivity index (χ1n) is 7.66. The van der Waals surface area contributed by atoms with Crippen molar-refractivity contribution in [2.24, 2.45) is 5.92 Å². The zero-order valence-corrected chi connectivity index (χ0v) is 14.4. The monoisotopic (exact) mass is 295 g/mol. The maximum absolute atomic E-state index is 4.68. The molecule has 0 saturated heterocycles. The summed E-state index contributed by atoms with van der Waals surface area (Å²) in [6.07, 6.45) is 2.23. The van der Waals surface area contributed by atoms with E-state index in [9.17, 15) is 0 Å². The Morgan fingerprint density at radius 3 is 2.35 bits per heavy atom. The lowest BCUT2D eigenvalue weighted by atomic mass is 10.1. The lowest BCUT2D eigenvalue weighted by Crippen LogP contribution is -2.15.